The molecule has 1 amide bonds. The molecule has 1 fully saturated rings. The molecule has 1 aromatic carbocycles. The number of carbonyl (C=O) groups is 1. The van der Waals surface area contributed by atoms with Crippen LogP contribution in [0.15, 0.2) is 22.7 Å². The molecule has 20 heavy (non-hydrogen) atoms. The SMILES string of the molecule is COc1ccc(NC(C)C(=O)NC2CCCC2)cc1Br. The van der Waals surface area contributed by atoms with Crippen molar-refractivity contribution in [3.8, 4) is 5.75 Å². The number of carbonyl (C=O) groups excluding carboxylic acids is 1. The minimum atomic E-state index is -0.254. The maximum absolute atomic E-state index is 12.1. The summed E-state index contributed by atoms with van der Waals surface area (Å²) in [6, 6.07) is 5.79. The molecule has 0 aliphatic heterocycles. The number of methoxy groups -OCH3 is 1. The molecule has 1 aromatic rings. The third kappa shape index (κ3) is 3.88. The Hall–Kier alpha value is -1.23. The fourth-order valence-corrected chi connectivity index (χ4v) is 3.01. The fraction of sp³-hybridized carbons (Fsp3) is 0.533. The third-order valence-corrected chi connectivity index (χ3v) is 4.25. The van der Waals surface area contributed by atoms with Crippen LogP contribution < -0.4 is 15.4 Å². The van der Waals surface area contributed by atoms with Crippen molar-refractivity contribution < 1.29 is 9.53 Å². The molecule has 1 aliphatic rings. The van der Waals surface area contributed by atoms with Crippen molar-refractivity contribution >= 4 is 27.5 Å². The standard InChI is InChI=1S/C15H21BrN2O2/c1-10(15(19)18-11-5-3-4-6-11)17-12-7-8-14(20-2)13(16)9-12/h7-11,17H,3-6H2,1-2H3,(H,18,19). The zero-order chi connectivity index (χ0) is 14.5. The monoisotopic (exact) mass is 340 g/mol. The average molecular weight is 341 g/mol. The van der Waals surface area contributed by atoms with E-state index in [2.05, 4.69) is 26.6 Å². The Morgan fingerprint density at radius 3 is 2.70 bits per heavy atom. The van der Waals surface area contributed by atoms with Gasteiger partial charge in [0.15, 0.2) is 0 Å². The van der Waals surface area contributed by atoms with E-state index in [1.165, 1.54) is 12.8 Å². The summed E-state index contributed by atoms with van der Waals surface area (Å²) in [7, 11) is 1.63. The fourth-order valence-electron chi connectivity index (χ4n) is 2.47. The first kappa shape index (κ1) is 15.2. The Morgan fingerprint density at radius 1 is 1.40 bits per heavy atom. The Balaban J connectivity index is 1.91. The van der Waals surface area contributed by atoms with Gasteiger partial charge in [0, 0.05) is 11.7 Å². The van der Waals surface area contributed by atoms with Gasteiger partial charge in [-0.1, -0.05) is 12.8 Å². The molecule has 0 bridgehead atoms. The van der Waals surface area contributed by atoms with E-state index in [-0.39, 0.29) is 11.9 Å². The first-order chi connectivity index (χ1) is 9.60. The Kier molecular flexibility index (Phi) is 5.29. The lowest BCUT2D eigenvalue weighted by molar-refractivity contribution is -0.122. The number of rotatable bonds is 5. The molecule has 0 heterocycles. The van der Waals surface area contributed by atoms with E-state index >= 15 is 0 Å². The van der Waals surface area contributed by atoms with Gasteiger partial charge < -0.3 is 15.4 Å². The van der Waals surface area contributed by atoms with Gasteiger partial charge in [-0.2, -0.15) is 0 Å². The number of nitrogens with one attached hydrogen (secondary N) is 2. The van der Waals surface area contributed by atoms with Crippen molar-refractivity contribution in [2.24, 2.45) is 0 Å². The predicted octanol–water partition coefficient (Wildman–Crippen LogP) is 3.32. The molecule has 1 saturated carbocycles. The minimum Gasteiger partial charge on any atom is -0.496 e. The van der Waals surface area contributed by atoms with Gasteiger partial charge in [-0.15, -0.1) is 0 Å². The van der Waals surface area contributed by atoms with Gasteiger partial charge >= 0.3 is 0 Å². The Morgan fingerprint density at radius 2 is 2.10 bits per heavy atom. The lowest BCUT2D eigenvalue weighted by Gasteiger charge is -2.19. The summed E-state index contributed by atoms with van der Waals surface area (Å²) in [4.78, 5) is 12.1. The molecule has 0 radical (unpaired) electrons. The molecular formula is C15H21BrN2O2. The molecule has 2 N–H and O–H groups in total. The largest absolute Gasteiger partial charge is 0.496 e. The third-order valence-electron chi connectivity index (χ3n) is 3.63. The van der Waals surface area contributed by atoms with Gasteiger partial charge in [0.1, 0.15) is 11.8 Å². The van der Waals surface area contributed by atoms with Gasteiger partial charge in [-0.25, -0.2) is 0 Å². The van der Waals surface area contributed by atoms with Crippen molar-refractivity contribution in [3.05, 3.63) is 22.7 Å². The molecule has 110 valence electrons. The molecule has 0 aromatic heterocycles. The second-order valence-electron chi connectivity index (χ2n) is 5.21. The maximum Gasteiger partial charge on any atom is 0.242 e. The van der Waals surface area contributed by atoms with Crippen LogP contribution >= 0.6 is 15.9 Å². The minimum absolute atomic E-state index is 0.0591. The van der Waals surface area contributed by atoms with Gasteiger partial charge in [0.05, 0.1) is 11.6 Å². The number of benzene rings is 1. The molecule has 5 heteroatoms. The van der Waals surface area contributed by atoms with E-state index in [1.807, 2.05) is 25.1 Å². The van der Waals surface area contributed by atoms with Crippen LogP contribution in [0.25, 0.3) is 0 Å². The topological polar surface area (TPSA) is 50.4 Å². The number of anilines is 1. The number of hydrogen-bond donors (Lipinski definition) is 2. The van der Waals surface area contributed by atoms with Crippen LogP contribution in [0.4, 0.5) is 5.69 Å². The number of halogens is 1. The normalized spacial score (nSPS) is 16.8. The summed E-state index contributed by atoms with van der Waals surface area (Å²) < 4.78 is 6.06. The summed E-state index contributed by atoms with van der Waals surface area (Å²) in [6.45, 7) is 1.88. The van der Waals surface area contributed by atoms with Crippen LogP contribution in [0.2, 0.25) is 0 Å². The second kappa shape index (κ2) is 6.97. The van der Waals surface area contributed by atoms with Crippen molar-refractivity contribution in [3.63, 3.8) is 0 Å². The van der Waals surface area contributed by atoms with E-state index < -0.39 is 0 Å². The van der Waals surface area contributed by atoms with Crippen LogP contribution in [0, 0.1) is 0 Å². The lowest BCUT2D eigenvalue weighted by Crippen LogP contribution is -2.42. The summed E-state index contributed by atoms with van der Waals surface area (Å²) in [5, 5.41) is 6.31. The van der Waals surface area contributed by atoms with Gasteiger partial charge in [0.25, 0.3) is 0 Å². The highest BCUT2D eigenvalue weighted by Gasteiger charge is 2.20. The molecule has 2 rings (SSSR count). The van der Waals surface area contributed by atoms with Crippen molar-refractivity contribution in [2.75, 3.05) is 12.4 Å². The predicted molar refractivity (Wildman–Crippen MR) is 84.2 cm³/mol. The lowest BCUT2D eigenvalue weighted by atomic mass is 10.2. The van der Waals surface area contributed by atoms with Crippen LogP contribution in [-0.2, 0) is 4.79 Å². The first-order valence-corrected chi connectivity index (χ1v) is 7.80. The van der Waals surface area contributed by atoms with E-state index in [0.717, 1.165) is 28.8 Å². The van der Waals surface area contributed by atoms with E-state index in [0.29, 0.717) is 6.04 Å². The molecule has 1 atom stereocenters. The van der Waals surface area contributed by atoms with Crippen LogP contribution in [0.1, 0.15) is 32.6 Å². The van der Waals surface area contributed by atoms with E-state index in [9.17, 15) is 4.79 Å². The van der Waals surface area contributed by atoms with Crippen molar-refractivity contribution in [1.29, 1.82) is 0 Å². The molecule has 4 nitrogen and oxygen atoms in total. The summed E-state index contributed by atoms with van der Waals surface area (Å²) in [6.07, 6.45) is 4.65. The number of amides is 1. The van der Waals surface area contributed by atoms with Crippen molar-refractivity contribution in [1.82, 2.24) is 5.32 Å². The molecular weight excluding hydrogens is 320 g/mol. The average Bonchev–Trinajstić information content (AvgIpc) is 2.91. The summed E-state index contributed by atoms with van der Waals surface area (Å²) >= 11 is 3.44. The zero-order valence-corrected chi connectivity index (χ0v) is 13.5. The molecule has 0 spiro atoms. The number of ether oxygens (including phenoxy) is 1. The maximum atomic E-state index is 12.1. The van der Waals surface area contributed by atoms with Crippen LogP contribution in [0.5, 0.6) is 5.75 Å². The van der Waals surface area contributed by atoms with Gasteiger partial charge in [0.2, 0.25) is 5.91 Å². The molecule has 0 saturated heterocycles. The highest BCUT2D eigenvalue weighted by molar-refractivity contribution is 9.10. The summed E-state index contributed by atoms with van der Waals surface area (Å²) in [5.41, 5.74) is 0.895. The Bertz CT molecular complexity index is 473. The second-order valence-corrected chi connectivity index (χ2v) is 6.06. The highest BCUT2D eigenvalue weighted by atomic mass is 79.9. The highest BCUT2D eigenvalue weighted by Crippen LogP contribution is 2.28. The van der Waals surface area contributed by atoms with E-state index in [4.69, 9.17) is 4.74 Å². The smallest absolute Gasteiger partial charge is 0.242 e. The van der Waals surface area contributed by atoms with E-state index in [1.54, 1.807) is 7.11 Å². The van der Waals surface area contributed by atoms with Crippen LogP contribution in [-0.4, -0.2) is 25.1 Å². The van der Waals surface area contributed by atoms with Crippen molar-refractivity contribution in [2.45, 2.75) is 44.7 Å². The quantitative estimate of drug-likeness (QED) is 0.864. The first-order valence-electron chi connectivity index (χ1n) is 7.00. The zero-order valence-electron chi connectivity index (χ0n) is 11.9. The molecule has 1 aliphatic carbocycles. The van der Waals surface area contributed by atoms with Gasteiger partial charge in [-0.3, -0.25) is 4.79 Å². The van der Waals surface area contributed by atoms with Crippen LogP contribution in [0.3, 0.4) is 0 Å². The van der Waals surface area contributed by atoms with Gasteiger partial charge in [-0.05, 0) is 53.9 Å². The summed E-state index contributed by atoms with van der Waals surface area (Å²) in [5.74, 6) is 0.836. The molecule has 1 unspecified atom stereocenters. The number of hydrogen-bond acceptors (Lipinski definition) is 3. The Labute approximate surface area is 128 Å².